The zero-order valence-electron chi connectivity index (χ0n) is 11.4. The summed E-state index contributed by atoms with van der Waals surface area (Å²) in [6.45, 7) is 4.33. The van der Waals surface area contributed by atoms with Gasteiger partial charge in [-0.15, -0.1) is 0 Å². The van der Waals surface area contributed by atoms with Crippen LogP contribution >= 0.6 is 0 Å². The third kappa shape index (κ3) is 3.74. The molecule has 0 bridgehead atoms. The number of nitrogens with zero attached hydrogens (tertiary/aromatic N) is 1. The molecule has 0 radical (unpaired) electrons. The monoisotopic (exact) mass is 275 g/mol. The second kappa shape index (κ2) is 6.10. The number of carbonyl (C=O) groups excluding carboxylic acids is 1. The Hall–Kier alpha value is -2.50. The lowest BCUT2D eigenvalue weighted by Crippen LogP contribution is -2.16. The van der Waals surface area contributed by atoms with Crippen LogP contribution < -0.4 is 11.1 Å². The molecule has 1 aromatic carbocycles. The van der Waals surface area contributed by atoms with Crippen molar-refractivity contribution in [3.8, 4) is 11.3 Å². The Labute approximate surface area is 116 Å². The van der Waals surface area contributed by atoms with Crippen LogP contribution in [0.15, 0.2) is 34.9 Å². The molecule has 0 unspecified atom stereocenters. The number of nitrogens with two attached hydrogens (primary N) is 1. The molecule has 20 heavy (non-hydrogen) atoms. The van der Waals surface area contributed by atoms with Crippen molar-refractivity contribution in [3.63, 3.8) is 0 Å². The van der Waals surface area contributed by atoms with Gasteiger partial charge in [-0.3, -0.25) is 5.32 Å². The molecule has 0 atom stereocenters. The maximum atomic E-state index is 11.6. The number of aromatic nitrogens is 1. The highest BCUT2D eigenvalue weighted by Crippen LogP contribution is 2.24. The molecule has 0 aliphatic carbocycles. The van der Waals surface area contributed by atoms with Gasteiger partial charge in [0, 0.05) is 11.3 Å². The van der Waals surface area contributed by atoms with Gasteiger partial charge in [0.05, 0.1) is 12.8 Å². The van der Waals surface area contributed by atoms with Crippen molar-refractivity contribution >= 4 is 17.8 Å². The summed E-state index contributed by atoms with van der Waals surface area (Å²) >= 11 is 0. The Morgan fingerprint density at radius 3 is 2.95 bits per heavy atom. The predicted octanol–water partition coefficient (Wildman–Crippen LogP) is 3.13. The summed E-state index contributed by atoms with van der Waals surface area (Å²) in [5, 5.41) is 2.66. The summed E-state index contributed by atoms with van der Waals surface area (Å²) in [6.07, 6.45) is 1.05. The van der Waals surface area contributed by atoms with Crippen LogP contribution in [0.2, 0.25) is 0 Å². The molecule has 0 spiro atoms. The highest BCUT2D eigenvalue weighted by atomic mass is 16.5. The fraction of sp³-hybridized carbons (Fsp3) is 0.286. The lowest BCUT2D eigenvalue weighted by molar-refractivity contribution is 0.147. The van der Waals surface area contributed by atoms with E-state index in [1.165, 1.54) is 6.20 Å². The lowest BCUT2D eigenvalue weighted by atomic mass is 10.1. The molecule has 1 aromatic heterocycles. The first kappa shape index (κ1) is 13.9. The van der Waals surface area contributed by atoms with E-state index in [1.807, 2.05) is 19.9 Å². The molecule has 0 aliphatic heterocycles. The quantitative estimate of drug-likeness (QED) is 0.894. The number of nitrogen functional groups attached to an aromatic ring is 1. The summed E-state index contributed by atoms with van der Waals surface area (Å²) in [7, 11) is 0. The lowest BCUT2D eigenvalue weighted by Gasteiger charge is -2.09. The number of amides is 1. The first-order valence-corrected chi connectivity index (χ1v) is 6.30. The maximum absolute atomic E-state index is 11.6. The molecular weight excluding hydrogens is 258 g/mol. The minimum absolute atomic E-state index is 0.106. The average molecular weight is 275 g/mol. The number of hydrogen-bond donors (Lipinski definition) is 2. The third-order valence-electron chi connectivity index (χ3n) is 2.46. The molecule has 1 heterocycles. The normalized spacial score (nSPS) is 10.6. The minimum Gasteiger partial charge on any atom is -0.449 e. The van der Waals surface area contributed by atoms with Crippen molar-refractivity contribution in [1.82, 2.24) is 4.98 Å². The molecule has 0 saturated heterocycles. The van der Waals surface area contributed by atoms with Gasteiger partial charge in [0.2, 0.25) is 0 Å². The molecule has 6 heteroatoms. The Balaban J connectivity index is 2.05. The molecule has 2 rings (SSSR count). The predicted molar refractivity (Wildman–Crippen MR) is 76.2 cm³/mol. The smallest absolute Gasteiger partial charge is 0.411 e. The highest BCUT2D eigenvalue weighted by molar-refractivity contribution is 5.85. The van der Waals surface area contributed by atoms with Crippen molar-refractivity contribution in [1.29, 1.82) is 0 Å². The van der Waals surface area contributed by atoms with E-state index >= 15 is 0 Å². The van der Waals surface area contributed by atoms with Gasteiger partial charge >= 0.3 is 6.09 Å². The maximum Gasteiger partial charge on any atom is 0.411 e. The van der Waals surface area contributed by atoms with Crippen LogP contribution in [0.3, 0.4) is 0 Å². The molecule has 3 N–H and O–H groups in total. The second-order valence-corrected chi connectivity index (χ2v) is 4.76. The third-order valence-corrected chi connectivity index (χ3v) is 2.46. The zero-order chi connectivity index (χ0) is 14.5. The van der Waals surface area contributed by atoms with Gasteiger partial charge in [-0.2, -0.15) is 0 Å². The number of nitrogens with one attached hydrogen (secondary N) is 1. The van der Waals surface area contributed by atoms with Gasteiger partial charge in [-0.25, -0.2) is 9.78 Å². The first-order chi connectivity index (χ1) is 9.54. The topological polar surface area (TPSA) is 90.4 Å². The van der Waals surface area contributed by atoms with E-state index in [0.29, 0.717) is 24.0 Å². The minimum atomic E-state index is -0.479. The van der Waals surface area contributed by atoms with Crippen molar-refractivity contribution < 1.29 is 13.9 Å². The number of rotatable bonds is 4. The van der Waals surface area contributed by atoms with E-state index < -0.39 is 6.09 Å². The van der Waals surface area contributed by atoms with Crippen LogP contribution in [0.4, 0.5) is 16.5 Å². The highest BCUT2D eigenvalue weighted by Gasteiger charge is 2.08. The van der Waals surface area contributed by atoms with Gasteiger partial charge in [-0.05, 0) is 18.1 Å². The Kier molecular flexibility index (Phi) is 4.24. The fourth-order valence-corrected chi connectivity index (χ4v) is 1.57. The van der Waals surface area contributed by atoms with Crippen molar-refractivity contribution in [2.75, 3.05) is 17.7 Å². The summed E-state index contributed by atoms with van der Waals surface area (Å²) in [6, 6.07) is 7.27. The summed E-state index contributed by atoms with van der Waals surface area (Å²) in [5.41, 5.74) is 6.83. The zero-order valence-corrected chi connectivity index (χ0v) is 11.4. The van der Waals surface area contributed by atoms with Gasteiger partial charge in [0.25, 0.3) is 6.01 Å². The molecule has 106 valence electrons. The summed E-state index contributed by atoms with van der Waals surface area (Å²) in [4.78, 5) is 15.4. The second-order valence-electron chi connectivity index (χ2n) is 4.76. The van der Waals surface area contributed by atoms with Crippen LogP contribution in [-0.2, 0) is 4.74 Å². The van der Waals surface area contributed by atoms with E-state index in [1.54, 1.807) is 18.2 Å². The van der Waals surface area contributed by atoms with Gasteiger partial charge < -0.3 is 14.9 Å². The van der Waals surface area contributed by atoms with E-state index in [4.69, 9.17) is 14.9 Å². The van der Waals surface area contributed by atoms with Gasteiger partial charge in [0.15, 0.2) is 5.76 Å². The van der Waals surface area contributed by atoms with Crippen LogP contribution in [-0.4, -0.2) is 17.7 Å². The Bertz CT molecular complexity index is 593. The van der Waals surface area contributed by atoms with Crippen LogP contribution in [0.25, 0.3) is 11.3 Å². The Morgan fingerprint density at radius 1 is 1.50 bits per heavy atom. The van der Waals surface area contributed by atoms with Crippen LogP contribution in [0, 0.1) is 5.92 Å². The van der Waals surface area contributed by atoms with E-state index in [2.05, 4.69) is 10.3 Å². The Morgan fingerprint density at radius 2 is 2.30 bits per heavy atom. The molecular formula is C14H17N3O3. The molecule has 1 amide bonds. The number of hydrogen-bond acceptors (Lipinski definition) is 5. The summed E-state index contributed by atoms with van der Waals surface area (Å²) in [5.74, 6) is 0.839. The number of carbonyl (C=O) groups is 1. The van der Waals surface area contributed by atoms with Crippen molar-refractivity contribution in [2.45, 2.75) is 13.8 Å². The molecule has 0 aliphatic rings. The number of benzene rings is 1. The van der Waals surface area contributed by atoms with Crippen LogP contribution in [0.1, 0.15) is 13.8 Å². The summed E-state index contributed by atoms with van der Waals surface area (Å²) < 4.78 is 10.3. The molecule has 2 aromatic rings. The van der Waals surface area contributed by atoms with E-state index in [9.17, 15) is 4.79 Å². The first-order valence-electron chi connectivity index (χ1n) is 6.30. The number of oxazole rings is 1. The fourth-order valence-electron chi connectivity index (χ4n) is 1.57. The number of ether oxygens (including phenoxy) is 1. The van der Waals surface area contributed by atoms with Crippen molar-refractivity contribution in [3.05, 3.63) is 30.5 Å². The SMILES string of the molecule is CC(C)COC(=O)Nc1cccc(-c2cnc(N)o2)c1. The van der Waals surface area contributed by atoms with E-state index in [-0.39, 0.29) is 6.01 Å². The van der Waals surface area contributed by atoms with E-state index in [0.717, 1.165) is 5.56 Å². The largest absolute Gasteiger partial charge is 0.449 e. The van der Waals surface area contributed by atoms with Crippen molar-refractivity contribution in [2.24, 2.45) is 5.92 Å². The van der Waals surface area contributed by atoms with Crippen LogP contribution in [0.5, 0.6) is 0 Å². The molecule has 0 fully saturated rings. The van der Waals surface area contributed by atoms with Gasteiger partial charge in [0.1, 0.15) is 0 Å². The molecule has 6 nitrogen and oxygen atoms in total. The number of anilines is 2. The average Bonchev–Trinajstić information content (AvgIpc) is 2.83. The van der Waals surface area contributed by atoms with Gasteiger partial charge in [-0.1, -0.05) is 26.0 Å². The standard InChI is InChI=1S/C14H17N3O3/c1-9(2)8-19-14(18)17-11-5-3-4-10(6-11)12-7-16-13(15)20-12/h3-7,9H,8H2,1-2H3,(H2,15,16)(H,17,18). The molecule has 0 saturated carbocycles.